The predicted molar refractivity (Wildman–Crippen MR) is 124 cm³/mol. The van der Waals surface area contributed by atoms with Crippen LogP contribution in [0.3, 0.4) is 0 Å². The lowest BCUT2D eigenvalue weighted by molar-refractivity contribution is -0.134. The first-order valence-corrected chi connectivity index (χ1v) is 12.7. The number of carbonyl (C=O) groups is 2. The summed E-state index contributed by atoms with van der Waals surface area (Å²) in [6.45, 7) is 7.17. The van der Waals surface area contributed by atoms with Gasteiger partial charge in [-0.1, -0.05) is 63.6 Å². The second-order valence-electron chi connectivity index (χ2n) is 7.15. The van der Waals surface area contributed by atoms with Crippen molar-refractivity contribution in [1.29, 1.82) is 0 Å². The molecule has 1 aromatic carbocycles. The monoisotopic (exact) mass is 466 g/mol. The third-order valence-electron chi connectivity index (χ3n) is 4.74. The zero-order valence-electron chi connectivity index (χ0n) is 18.0. The van der Waals surface area contributed by atoms with E-state index in [-0.39, 0.29) is 29.9 Å². The first kappa shape index (κ1) is 25.1. The van der Waals surface area contributed by atoms with Gasteiger partial charge in [0.1, 0.15) is 0 Å². The first-order valence-electron chi connectivity index (χ1n) is 10.4. The van der Waals surface area contributed by atoms with Crippen molar-refractivity contribution in [1.82, 2.24) is 15.0 Å². The van der Waals surface area contributed by atoms with Gasteiger partial charge in [-0.05, 0) is 30.2 Å². The summed E-state index contributed by atoms with van der Waals surface area (Å²) in [7, 11) is -3.75. The predicted octanol–water partition coefficient (Wildman–Crippen LogP) is 3.25. The number of hydrogen-bond acceptors (Lipinski definition) is 6. The molecular formula is C21H30N4O4S2. The maximum atomic E-state index is 13.1. The number of hydrazone groups is 1. The fraction of sp³-hybridized carbons (Fsp3) is 0.476. The molecule has 1 heterocycles. The standard InChI is InChI=1S/C21H30N4O4S2/c1-4-7-14-18(26)23-20-24-25(19(27)15-8-5-2)21(30-20,16-22-31(28,29)6-3)17-12-10-9-11-13-17/h6,9-13,22H,3-5,7-8,14-16H2,1-2H3,(H,23,24,26). The van der Waals surface area contributed by atoms with E-state index in [9.17, 15) is 18.0 Å². The molecule has 10 heteroatoms. The van der Waals surface area contributed by atoms with E-state index in [1.807, 2.05) is 44.2 Å². The van der Waals surface area contributed by atoms with Gasteiger partial charge in [0.2, 0.25) is 21.8 Å². The number of unbranched alkanes of at least 4 members (excludes halogenated alkanes) is 2. The molecule has 0 aromatic heterocycles. The van der Waals surface area contributed by atoms with Crippen LogP contribution in [0.1, 0.15) is 57.9 Å². The maximum absolute atomic E-state index is 13.1. The molecule has 0 saturated carbocycles. The van der Waals surface area contributed by atoms with Gasteiger partial charge in [0.15, 0.2) is 10.0 Å². The van der Waals surface area contributed by atoms with Crippen LogP contribution in [-0.4, -0.2) is 37.0 Å². The molecule has 2 N–H and O–H groups in total. The highest BCUT2D eigenvalue weighted by Gasteiger charge is 2.49. The average molecular weight is 467 g/mol. The first-order chi connectivity index (χ1) is 14.8. The third kappa shape index (κ3) is 6.65. The largest absolute Gasteiger partial charge is 0.304 e. The van der Waals surface area contributed by atoms with E-state index < -0.39 is 14.9 Å². The number of benzene rings is 1. The summed E-state index contributed by atoms with van der Waals surface area (Å²) in [4.78, 5) is 24.2. The summed E-state index contributed by atoms with van der Waals surface area (Å²) >= 11 is 1.16. The van der Waals surface area contributed by atoms with Gasteiger partial charge in [0.25, 0.3) is 0 Å². The summed E-state index contributed by atoms with van der Waals surface area (Å²) < 4.78 is 26.7. The summed E-state index contributed by atoms with van der Waals surface area (Å²) in [5.41, 5.74) is 0.693. The molecule has 1 aromatic rings. The summed E-state index contributed by atoms with van der Waals surface area (Å²) in [6.07, 6.45) is 3.75. The van der Waals surface area contributed by atoms with Gasteiger partial charge in [-0.15, -0.1) is 5.10 Å². The van der Waals surface area contributed by atoms with Crippen LogP contribution in [0.5, 0.6) is 0 Å². The average Bonchev–Trinajstić information content (AvgIpc) is 3.14. The van der Waals surface area contributed by atoms with E-state index in [0.29, 0.717) is 18.4 Å². The number of thioether (sulfide) groups is 1. The molecule has 0 bridgehead atoms. The number of sulfonamides is 1. The molecule has 1 unspecified atom stereocenters. The summed E-state index contributed by atoms with van der Waals surface area (Å²) in [5.74, 6) is -0.432. The Morgan fingerprint density at radius 1 is 1.16 bits per heavy atom. The Morgan fingerprint density at radius 2 is 1.81 bits per heavy atom. The van der Waals surface area contributed by atoms with Crippen LogP contribution in [-0.2, 0) is 24.5 Å². The number of rotatable bonds is 11. The lowest BCUT2D eigenvalue weighted by Gasteiger charge is -2.35. The number of amides is 2. The molecule has 1 aliphatic heterocycles. The van der Waals surface area contributed by atoms with Crippen molar-refractivity contribution < 1.29 is 18.0 Å². The lowest BCUT2D eigenvalue weighted by Crippen LogP contribution is -2.49. The molecule has 8 nitrogen and oxygen atoms in total. The smallest absolute Gasteiger partial charge is 0.244 e. The van der Waals surface area contributed by atoms with Crippen LogP contribution in [0.25, 0.3) is 0 Å². The minimum absolute atomic E-state index is 0.133. The Hall–Kier alpha value is -2.17. The Kier molecular flexibility index (Phi) is 9.27. The van der Waals surface area contributed by atoms with Crippen LogP contribution in [0.15, 0.2) is 47.4 Å². The quantitative estimate of drug-likeness (QED) is 0.520. The van der Waals surface area contributed by atoms with Gasteiger partial charge in [-0.2, -0.15) is 0 Å². The Morgan fingerprint density at radius 3 is 2.42 bits per heavy atom. The van der Waals surface area contributed by atoms with Gasteiger partial charge >= 0.3 is 0 Å². The van der Waals surface area contributed by atoms with Gasteiger partial charge in [0, 0.05) is 18.2 Å². The number of nitrogens with zero attached hydrogens (tertiary/aromatic N) is 2. The number of amidine groups is 1. The number of nitrogens with one attached hydrogen (secondary N) is 2. The molecule has 2 rings (SSSR count). The van der Waals surface area contributed by atoms with Crippen molar-refractivity contribution in [3.05, 3.63) is 47.9 Å². The van der Waals surface area contributed by atoms with Gasteiger partial charge in [-0.25, -0.2) is 18.1 Å². The van der Waals surface area contributed by atoms with E-state index in [4.69, 9.17) is 0 Å². The topological polar surface area (TPSA) is 108 Å². The molecule has 1 atom stereocenters. The second-order valence-corrected chi connectivity index (χ2v) is 10.1. The van der Waals surface area contributed by atoms with Crippen LogP contribution in [0.4, 0.5) is 0 Å². The molecule has 0 spiro atoms. The summed E-state index contributed by atoms with van der Waals surface area (Å²) in [6, 6.07) is 9.08. The molecule has 1 aliphatic rings. The van der Waals surface area contributed by atoms with Crippen molar-refractivity contribution in [2.75, 3.05) is 6.54 Å². The van der Waals surface area contributed by atoms with Crippen molar-refractivity contribution >= 4 is 38.8 Å². The Bertz CT molecular complexity index is 919. The van der Waals surface area contributed by atoms with Crippen LogP contribution in [0.2, 0.25) is 0 Å². The molecular weight excluding hydrogens is 436 g/mol. The lowest BCUT2D eigenvalue weighted by atomic mass is 10.1. The highest BCUT2D eigenvalue weighted by atomic mass is 32.2. The molecule has 0 aliphatic carbocycles. The van der Waals surface area contributed by atoms with Crippen molar-refractivity contribution in [3.8, 4) is 0 Å². The van der Waals surface area contributed by atoms with Crippen molar-refractivity contribution in [3.63, 3.8) is 0 Å². The molecule has 0 saturated heterocycles. The minimum atomic E-state index is -3.75. The Labute approximate surface area is 188 Å². The zero-order chi connectivity index (χ0) is 22.9. The third-order valence-corrected chi connectivity index (χ3v) is 6.99. The fourth-order valence-corrected chi connectivity index (χ4v) is 4.86. The fourth-order valence-electron chi connectivity index (χ4n) is 3.01. The van der Waals surface area contributed by atoms with E-state index in [2.05, 4.69) is 21.7 Å². The molecule has 31 heavy (non-hydrogen) atoms. The number of carbonyl (C=O) groups excluding carboxylic acids is 2. The SMILES string of the molecule is C=CS(=O)(=O)NCC1(c2ccccc2)SC(NC(=O)CCCC)=NN1C(=O)CCCC. The van der Waals surface area contributed by atoms with Crippen LogP contribution in [0, 0.1) is 0 Å². The van der Waals surface area contributed by atoms with E-state index >= 15 is 0 Å². The molecule has 2 amide bonds. The maximum Gasteiger partial charge on any atom is 0.244 e. The molecule has 170 valence electrons. The van der Waals surface area contributed by atoms with Gasteiger partial charge in [-0.3, -0.25) is 9.59 Å². The van der Waals surface area contributed by atoms with Gasteiger partial charge in [0.05, 0.1) is 6.54 Å². The zero-order valence-corrected chi connectivity index (χ0v) is 19.6. The minimum Gasteiger partial charge on any atom is -0.304 e. The highest BCUT2D eigenvalue weighted by Crippen LogP contribution is 2.45. The number of hydrogen-bond donors (Lipinski definition) is 2. The van der Waals surface area contributed by atoms with Crippen molar-refractivity contribution in [2.24, 2.45) is 5.10 Å². The highest BCUT2D eigenvalue weighted by molar-refractivity contribution is 8.14. The Balaban J connectivity index is 2.44. The van der Waals surface area contributed by atoms with Gasteiger partial charge < -0.3 is 5.32 Å². The van der Waals surface area contributed by atoms with E-state index in [0.717, 1.165) is 36.4 Å². The van der Waals surface area contributed by atoms with E-state index in [1.165, 1.54) is 5.01 Å². The normalized spacial score (nSPS) is 18.5. The van der Waals surface area contributed by atoms with Crippen LogP contribution < -0.4 is 10.0 Å². The molecule has 0 fully saturated rings. The van der Waals surface area contributed by atoms with E-state index in [1.54, 1.807) is 0 Å². The molecule has 0 radical (unpaired) electrons. The second kappa shape index (κ2) is 11.4. The van der Waals surface area contributed by atoms with Crippen LogP contribution >= 0.6 is 11.8 Å². The van der Waals surface area contributed by atoms with Crippen molar-refractivity contribution in [2.45, 2.75) is 57.2 Å². The summed E-state index contributed by atoms with van der Waals surface area (Å²) in [5, 5.41) is 9.59.